The van der Waals surface area contributed by atoms with E-state index in [0.717, 1.165) is 11.3 Å². The number of para-hydroxylation sites is 1. The fourth-order valence-electron chi connectivity index (χ4n) is 2.43. The Balaban J connectivity index is 1.83. The SMILES string of the molecule is CCOc1ccccc1CC1Oc2cc(O)ccc2NC1=O. The first-order chi connectivity index (χ1) is 10.7. The third-order valence-electron chi connectivity index (χ3n) is 3.46. The fraction of sp³-hybridized carbons (Fsp3) is 0.235. The minimum absolute atomic E-state index is 0.100. The molecular weight excluding hydrogens is 282 g/mol. The van der Waals surface area contributed by atoms with Crippen LogP contribution in [0.25, 0.3) is 0 Å². The Labute approximate surface area is 128 Å². The van der Waals surface area contributed by atoms with Crippen LogP contribution in [0.3, 0.4) is 0 Å². The van der Waals surface area contributed by atoms with E-state index in [1.165, 1.54) is 12.1 Å². The number of fused-ring (bicyclic) bond motifs is 1. The number of benzene rings is 2. The van der Waals surface area contributed by atoms with Crippen molar-refractivity contribution < 1.29 is 19.4 Å². The zero-order chi connectivity index (χ0) is 15.5. The number of rotatable bonds is 4. The van der Waals surface area contributed by atoms with Crippen LogP contribution in [0.2, 0.25) is 0 Å². The number of ether oxygens (including phenoxy) is 2. The van der Waals surface area contributed by atoms with Crippen LogP contribution >= 0.6 is 0 Å². The van der Waals surface area contributed by atoms with Gasteiger partial charge in [-0.3, -0.25) is 4.79 Å². The number of aromatic hydroxyl groups is 1. The van der Waals surface area contributed by atoms with E-state index in [9.17, 15) is 9.90 Å². The first kappa shape index (κ1) is 14.3. The number of carbonyl (C=O) groups excluding carboxylic acids is 1. The molecule has 1 heterocycles. The van der Waals surface area contributed by atoms with Crippen LogP contribution < -0.4 is 14.8 Å². The molecule has 1 aliphatic rings. The van der Waals surface area contributed by atoms with E-state index < -0.39 is 6.10 Å². The lowest BCUT2D eigenvalue weighted by Crippen LogP contribution is -2.38. The lowest BCUT2D eigenvalue weighted by Gasteiger charge is -2.26. The van der Waals surface area contributed by atoms with Crippen LogP contribution in [0.1, 0.15) is 12.5 Å². The predicted octanol–water partition coefficient (Wildman–Crippen LogP) is 2.73. The number of anilines is 1. The number of hydrogen-bond acceptors (Lipinski definition) is 4. The molecule has 5 heteroatoms. The van der Waals surface area contributed by atoms with Crippen LogP contribution in [-0.2, 0) is 11.2 Å². The van der Waals surface area contributed by atoms with Gasteiger partial charge in [0.15, 0.2) is 6.10 Å². The maximum Gasteiger partial charge on any atom is 0.265 e. The largest absolute Gasteiger partial charge is 0.508 e. The lowest BCUT2D eigenvalue weighted by atomic mass is 10.0. The molecule has 0 saturated heterocycles. The first-order valence-electron chi connectivity index (χ1n) is 7.18. The van der Waals surface area contributed by atoms with Crippen molar-refractivity contribution in [2.75, 3.05) is 11.9 Å². The van der Waals surface area contributed by atoms with Crippen molar-refractivity contribution in [2.24, 2.45) is 0 Å². The van der Waals surface area contributed by atoms with Crippen molar-refractivity contribution >= 4 is 11.6 Å². The summed E-state index contributed by atoms with van der Waals surface area (Å²) in [5.74, 6) is 1.12. The Bertz CT molecular complexity index is 699. The van der Waals surface area contributed by atoms with Crippen molar-refractivity contribution in [1.29, 1.82) is 0 Å². The number of phenolic OH excluding ortho intramolecular Hbond substituents is 1. The monoisotopic (exact) mass is 299 g/mol. The highest BCUT2D eigenvalue weighted by atomic mass is 16.5. The summed E-state index contributed by atoms with van der Waals surface area (Å²) >= 11 is 0. The Morgan fingerprint density at radius 2 is 2.09 bits per heavy atom. The zero-order valence-corrected chi connectivity index (χ0v) is 12.2. The lowest BCUT2D eigenvalue weighted by molar-refractivity contribution is -0.123. The van der Waals surface area contributed by atoms with E-state index in [2.05, 4.69) is 5.32 Å². The summed E-state index contributed by atoms with van der Waals surface area (Å²) in [4.78, 5) is 12.2. The number of carbonyl (C=O) groups is 1. The summed E-state index contributed by atoms with van der Waals surface area (Å²) in [6.07, 6.45) is -0.257. The summed E-state index contributed by atoms with van der Waals surface area (Å²) in [6, 6.07) is 12.2. The summed E-state index contributed by atoms with van der Waals surface area (Å²) < 4.78 is 11.3. The molecule has 1 unspecified atom stereocenters. The van der Waals surface area contributed by atoms with Crippen molar-refractivity contribution in [1.82, 2.24) is 0 Å². The second-order valence-corrected chi connectivity index (χ2v) is 5.02. The van der Waals surface area contributed by atoms with Crippen LogP contribution in [0.5, 0.6) is 17.2 Å². The van der Waals surface area contributed by atoms with Gasteiger partial charge in [0.1, 0.15) is 17.2 Å². The van der Waals surface area contributed by atoms with Gasteiger partial charge in [-0.05, 0) is 30.7 Å². The normalized spacial score (nSPS) is 16.4. The van der Waals surface area contributed by atoms with Crippen molar-refractivity contribution in [3.8, 4) is 17.2 Å². The molecule has 0 spiro atoms. The van der Waals surface area contributed by atoms with E-state index >= 15 is 0 Å². The zero-order valence-electron chi connectivity index (χ0n) is 12.2. The fourth-order valence-corrected chi connectivity index (χ4v) is 2.43. The molecule has 3 rings (SSSR count). The standard InChI is InChI=1S/C17H17NO4/c1-2-21-14-6-4-3-5-11(14)9-16-17(20)18-13-8-7-12(19)10-15(13)22-16/h3-8,10,16,19H,2,9H2,1H3,(H,18,20). The summed E-state index contributed by atoms with van der Waals surface area (Å²) in [7, 11) is 0. The highest BCUT2D eigenvalue weighted by Gasteiger charge is 2.28. The average molecular weight is 299 g/mol. The van der Waals surface area contributed by atoms with E-state index in [1.54, 1.807) is 6.07 Å². The van der Waals surface area contributed by atoms with Gasteiger partial charge in [0.2, 0.25) is 0 Å². The highest BCUT2D eigenvalue weighted by molar-refractivity contribution is 5.98. The van der Waals surface area contributed by atoms with E-state index in [-0.39, 0.29) is 11.7 Å². The topological polar surface area (TPSA) is 67.8 Å². The van der Waals surface area contributed by atoms with Gasteiger partial charge in [0, 0.05) is 12.5 Å². The second-order valence-electron chi connectivity index (χ2n) is 5.02. The van der Waals surface area contributed by atoms with Crippen molar-refractivity contribution in [3.05, 3.63) is 48.0 Å². The van der Waals surface area contributed by atoms with E-state index in [4.69, 9.17) is 9.47 Å². The molecule has 5 nitrogen and oxygen atoms in total. The molecule has 1 amide bonds. The molecule has 2 aromatic rings. The van der Waals surface area contributed by atoms with Crippen LogP contribution in [0.4, 0.5) is 5.69 Å². The quantitative estimate of drug-likeness (QED) is 0.852. The summed E-state index contributed by atoms with van der Waals surface area (Å²) in [6.45, 7) is 2.48. The maximum absolute atomic E-state index is 12.2. The van der Waals surface area contributed by atoms with Crippen LogP contribution in [0.15, 0.2) is 42.5 Å². The van der Waals surface area contributed by atoms with E-state index in [1.807, 2.05) is 31.2 Å². The number of nitrogens with one attached hydrogen (secondary N) is 1. The molecule has 0 fully saturated rings. The molecule has 0 aliphatic carbocycles. The Morgan fingerprint density at radius 3 is 2.91 bits per heavy atom. The third-order valence-corrected chi connectivity index (χ3v) is 3.46. The molecule has 2 N–H and O–H groups in total. The first-order valence-corrected chi connectivity index (χ1v) is 7.18. The van der Waals surface area contributed by atoms with Gasteiger partial charge in [-0.25, -0.2) is 0 Å². The smallest absolute Gasteiger partial charge is 0.265 e. The number of amides is 1. The molecule has 2 aromatic carbocycles. The van der Waals surface area contributed by atoms with Crippen LogP contribution in [-0.4, -0.2) is 23.7 Å². The maximum atomic E-state index is 12.2. The van der Waals surface area contributed by atoms with Gasteiger partial charge in [0.25, 0.3) is 5.91 Å². The Morgan fingerprint density at radius 1 is 1.27 bits per heavy atom. The average Bonchev–Trinajstić information content (AvgIpc) is 2.50. The van der Waals surface area contributed by atoms with Gasteiger partial charge in [-0.1, -0.05) is 18.2 Å². The van der Waals surface area contributed by atoms with Gasteiger partial charge < -0.3 is 19.9 Å². The second kappa shape index (κ2) is 5.97. The Kier molecular flexibility index (Phi) is 3.87. The molecule has 0 bridgehead atoms. The molecule has 0 aromatic heterocycles. The molecule has 1 atom stereocenters. The number of phenols is 1. The minimum Gasteiger partial charge on any atom is -0.508 e. The number of hydrogen-bond donors (Lipinski definition) is 2. The molecule has 22 heavy (non-hydrogen) atoms. The van der Waals surface area contributed by atoms with Crippen molar-refractivity contribution in [3.63, 3.8) is 0 Å². The summed E-state index contributed by atoms with van der Waals surface area (Å²) in [5.41, 5.74) is 1.48. The highest BCUT2D eigenvalue weighted by Crippen LogP contribution is 2.34. The van der Waals surface area contributed by atoms with Gasteiger partial charge >= 0.3 is 0 Å². The third kappa shape index (κ3) is 2.83. The summed E-state index contributed by atoms with van der Waals surface area (Å²) in [5, 5.41) is 12.3. The molecular formula is C17H17NO4. The van der Waals surface area contributed by atoms with Gasteiger partial charge in [0.05, 0.1) is 12.3 Å². The van der Waals surface area contributed by atoms with E-state index in [0.29, 0.717) is 24.5 Å². The van der Waals surface area contributed by atoms with Gasteiger partial charge in [-0.2, -0.15) is 0 Å². The molecule has 0 saturated carbocycles. The van der Waals surface area contributed by atoms with Crippen molar-refractivity contribution in [2.45, 2.75) is 19.4 Å². The molecule has 1 aliphatic heterocycles. The Hall–Kier alpha value is -2.69. The molecule has 0 radical (unpaired) electrons. The van der Waals surface area contributed by atoms with Crippen LogP contribution in [0, 0.1) is 0 Å². The minimum atomic E-state index is -0.657. The molecule has 114 valence electrons. The predicted molar refractivity (Wildman–Crippen MR) is 82.5 cm³/mol. The van der Waals surface area contributed by atoms with Gasteiger partial charge in [-0.15, -0.1) is 0 Å².